The normalized spacial score (nSPS) is 22.0. The van der Waals surface area contributed by atoms with Crippen molar-refractivity contribution in [2.45, 2.75) is 69.9 Å². The van der Waals surface area contributed by atoms with E-state index in [1.54, 1.807) is 18.2 Å². The minimum Gasteiger partial charge on any atom is -0.490 e. The van der Waals surface area contributed by atoms with E-state index in [4.69, 9.17) is 9.84 Å². The third kappa shape index (κ3) is 5.71. The molecule has 1 aliphatic carbocycles. The average molecular weight is 518 g/mol. The quantitative estimate of drug-likeness (QED) is 0.452. The molecule has 0 amide bonds. The second-order valence-electron chi connectivity index (χ2n) is 9.89. The van der Waals surface area contributed by atoms with Crippen molar-refractivity contribution in [3.8, 4) is 5.75 Å². The maximum atomic E-state index is 13.3. The molecule has 11 heteroatoms. The number of aliphatic carboxylic acids is 1. The van der Waals surface area contributed by atoms with E-state index in [0.29, 0.717) is 24.4 Å². The Morgan fingerprint density at radius 1 is 1.06 bits per heavy atom. The summed E-state index contributed by atoms with van der Waals surface area (Å²) >= 11 is 0. The molecule has 1 N–H and O–H groups in total. The lowest BCUT2D eigenvalue weighted by Gasteiger charge is -2.42. The molecule has 1 aliphatic heterocycles. The zero-order valence-corrected chi connectivity index (χ0v) is 19.5. The Bertz CT molecular complexity index is 1060. The van der Waals surface area contributed by atoms with Crippen LogP contribution in [0.3, 0.4) is 0 Å². The minimum absolute atomic E-state index is 0.119. The van der Waals surface area contributed by atoms with E-state index < -0.39 is 42.7 Å². The molecule has 0 radical (unpaired) electrons. The first-order valence-electron chi connectivity index (χ1n) is 12.0. The van der Waals surface area contributed by atoms with Gasteiger partial charge in [-0.25, -0.2) is 0 Å². The topological polar surface area (TPSA) is 62.7 Å². The number of alkyl halides is 6. The summed E-state index contributed by atoms with van der Waals surface area (Å²) in [6, 6.07) is 8.73. The van der Waals surface area contributed by atoms with Crippen LogP contribution in [0.1, 0.15) is 50.6 Å². The van der Waals surface area contributed by atoms with Crippen molar-refractivity contribution in [1.29, 1.82) is 0 Å². The molecule has 198 valence electrons. The first kappa shape index (κ1) is 26.5. The van der Waals surface area contributed by atoms with Gasteiger partial charge in [0.25, 0.3) is 0 Å². The Kier molecular flexibility index (Phi) is 7.41. The molecule has 0 bridgehead atoms. The Hall–Kier alpha value is -2.56. The van der Waals surface area contributed by atoms with Gasteiger partial charge in [-0.1, -0.05) is 6.07 Å². The van der Waals surface area contributed by atoms with E-state index in [2.05, 4.69) is 9.88 Å². The molecule has 1 aromatic carbocycles. The lowest BCUT2D eigenvalue weighted by atomic mass is 9.72. The lowest BCUT2D eigenvalue weighted by Crippen LogP contribution is -2.53. The molecular weight excluding hydrogens is 490 g/mol. The fourth-order valence-corrected chi connectivity index (χ4v) is 5.37. The van der Waals surface area contributed by atoms with Crippen LogP contribution in [0.15, 0.2) is 30.3 Å². The SMILES string of the molecule is O=C(O)C[C@@H]1CCCN(Cc2ccc3cc(OC4CCC(C(F)(F)F)(C(F)(F)F)CC4)ccc3n2)C1. The number of ether oxygens (including phenoxy) is 1. The molecule has 1 atom stereocenters. The average Bonchev–Trinajstić information content (AvgIpc) is 2.78. The zero-order valence-electron chi connectivity index (χ0n) is 19.5. The molecule has 4 rings (SSSR count). The number of rotatable bonds is 6. The van der Waals surface area contributed by atoms with Gasteiger partial charge in [0.05, 0.1) is 17.3 Å². The second-order valence-corrected chi connectivity index (χ2v) is 9.89. The van der Waals surface area contributed by atoms with E-state index in [0.717, 1.165) is 30.5 Å². The molecule has 1 saturated carbocycles. The van der Waals surface area contributed by atoms with Gasteiger partial charge in [0.15, 0.2) is 5.41 Å². The number of hydrogen-bond acceptors (Lipinski definition) is 4. The smallest absolute Gasteiger partial charge is 0.403 e. The number of fused-ring (bicyclic) bond motifs is 1. The summed E-state index contributed by atoms with van der Waals surface area (Å²) in [5, 5.41) is 9.79. The van der Waals surface area contributed by atoms with Crippen LogP contribution in [0, 0.1) is 11.3 Å². The predicted molar refractivity (Wildman–Crippen MR) is 119 cm³/mol. The summed E-state index contributed by atoms with van der Waals surface area (Å²) in [6.07, 6.45) is -12.2. The number of halogens is 6. The third-order valence-electron chi connectivity index (χ3n) is 7.34. The molecular formula is C25H28F6N2O3. The summed E-state index contributed by atoms with van der Waals surface area (Å²) in [5.74, 6) is -0.299. The van der Waals surface area contributed by atoms with Crippen molar-refractivity contribution in [1.82, 2.24) is 9.88 Å². The molecule has 2 heterocycles. The van der Waals surface area contributed by atoms with Crippen LogP contribution in [0.5, 0.6) is 5.75 Å². The van der Waals surface area contributed by atoms with Crippen LogP contribution in [0.2, 0.25) is 0 Å². The Labute approximate surface area is 204 Å². The molecule has 36 heavy (non-hydrogen) atoms. The number of carbonyl (C=O) groups is 1. The largest absolute Gasteiger partial charge is 0.490 e. The van der Waals surface area contributed by atoms with Crippen molar-refractivity contribution >= 4 is 16.9 Å². The molecule has 1 saturated heterocycles. The summed E-state index contributed by atoms with van der Waals surface area (Å²) in [7, 11) is 0. The van der Waals surface area contributed by atoms with Crippen LogP contribution in [0.25, 0.3) is 10.9 Å². The molecule has 5 nitrogen and oxygen atoms in total. The lowest BCUT2D eigenvalue weighted by molar-refractivity contribution is -0.351. The number of aromatic nitrogens is 1. The summed E-state index contributed by atoms with van der Waals surface area (Å²) in [5.41, 5.74) is -2.16. The van der Waals surface area contributed by atoms with Crippen LogP contribution >= 0.6 is 0 Å². The van der Waals surface area contributed by atoms with Gasteiger partial charge in [-0.05, 0) is 75.3 Å². The molecule has 2 fully saturated rings. The van der Waals surface area contributed by atoms with Crippen molar-refractivity contribution in [3.63, 3.8) is 0 Å². The van der Waals surface area contributed by atoms with Crippen LogP contribution in [-0.4, -0.2) is 52.5 Å². The number of hydrogen-bond donors (Lipinski definition) is 1. The highest BCUT2D eigenvalue weighted by Gasteiger charge is 2.70. The van der Waals surface area contributed by atoms with Gasteiger partial charge in [0, 0.05) is 24.9 Å². The summed E-state index contributed by atoms with van der Waals surface area (Å²) in [4.78, 5) is 17.8. The Morgan fingerprint density at radius 2 is 1.75 bits per heavy atom. The van der Waals surface area contributed by atoms with E-state index in [9.17, 15) is 31.1 Å². The summed E-state index contributed by atoms with van der Waals surface area (Å²) < 4.78 is 85.4. The molecule has 2 aliphatic rings. The molecule has 0 unspecified atom stereocenters. The minimum atomic E-state index is -5.35. The van der Waals surface area contributed by atoms with Crippen molar-refractivity contribution < 1.29 is 41.0 Å². The Morgan fingerprint density at radius 3 is 2.39 bits per heavy atom. The number of carboxylic acid groups (broad SMARTS) is 1. The third-order valence-corrected chi connectivity index (χ3v) is 7.34. The highest BCUT2D eigenvalue weighted by atomic mass is 19.4. The van der Waals surface area contributed by atoms with E-state index in [1.807, 2.05) is 12.1 Å². The number of piperidine rings is 1. The van der Waals surface area contributed by atoms with Gasteiger partial charge in [-0.2, -0.15) is 26.3 Å². The van der Waals surface area contributed by atoms with E-state index >= 15 is 0 Å². The molecule has 2 aromatic rings. The second kappa shape index (κ2) is 10.1. The van der Waals surface area contributed by atoms with Gasteiger partial charge in [-0.3, -0.25) is 14.7 Å². The van der Waals surface area contributed by atoms with Crippen molar-refractivity contribution in [2.24, 2.45) is 11.3 Å². The predicted octanol–water partition coefficient (Wildman–Crippen LogP) is 6.35. The monoisotopic (exact) mass is 518 g/mol. The number of nitrogens with zero attached hydrogens (tertiary/aromatic N) is 2. The van der Waals surface area contributed by atoms with Crippen LogP contribution in [-0.2, 0) is 11.3 Å². The van der Waals surface area contributed by atoms with Gasteiger partial charge in [0.2, 0.25) is 0 Å². The van der Waals surface area contributed by atoms with E-state index in [1.165, 1.54) is 0 Å². The van der Waals surface area contributed by atoms with Crippen LogP contribution < -0.4 is 4.74 Å². The van der Waals surface area contributed by atoms with E-state index in [-0.39, 0.29) is 25.2 Å². The highest BCUT2D eigenvalue weighted by molar-refractivity contribution is 5.80. The number of carboxylic acids is 1. The molecule has 0 spiro atoms. The fourth-order valence-electron chi connectivity index (χ4n) is 5.37. The van der Waals surface area contributed by atoms with Gasteiger partial charge < -0.3 is 9.84 Å². The first-order valence-corrected chi connectivity index (χ1v) is 12.0. The zero-order chi connectivity index (χ0) is 26.1. The van der Waals surface area contributed by atoms with Crippen molar-refractivity contribution in [3.05, 3.63) is 36.0 Å². The van der Waals surface area contributed by atoms with Gasteiger partial charge in [-0.15, -0.1) is 0 Å². The number of pyridine rings is 1. The molecule has 1 aromatic heterocycles. The maximum Gasteiger partial charge on any atom is 0.403 e. The standard InChI is InChI=1S/C25H28F6N2O3/c26-24(27,28)23(25(29,30)31)9-7-19(8-10-23)36-20-5-6-21-17(13-20)3-4-18(32-21)15-33-11-1-2-16(14-33)12-22(34)35/h3-6,13,16,19H,1-2,7-12,14-15H2,(H,34,35)/t16-/m0/s1. The maximum absolute atomic E-state index is 13.3. The first-order chi connectivity index (χ1) is 16.9. The number of likely N-dealkylation sites (tertiary alicyclic amines) is 1. The van der Waals surface area contributed by atoms with Crippen molar-refractivity contribution in [2.75, 3.05) is 13.1 Å². The fraction of sp³-hybridized carbons (Fsp3) is 0.600. The van der Waals surface area contributed by atoms with Gasteiger partial charge >= 0.3 is 18.3 Å². The highest BCUT2D eigenvalue weighted by Crippen LogP contribution is 2.58. The number of benzene rings is 1. The summed E-state index contributed by atoms with van der Waals surface area (Å²) in [6.45, 7) is 2.16. The van der Waals surface area contributed by atoms with Crippen LogP contribution in [0.4, 0.5) is 26.3 Å². The van der Waals surface area contributed by atoms with Gasteiger partial charge in [0.1, 0.15) is 5.75 Å². The Balaban J connectivity index is 1.38.